The molecule has 0 spiro atoms. The fourth-order valence-electron chi connectivity index (χ4n) is 6.48. The first kappa shape index (κ1) is 14.7. The van der Waals surface area contributed by atoms with Crippen LogP contribution in [-0.2, 0) is 4.79 Å². The fourth-order valence-corrected chi connectivity index (χ4v) is 6.48. The second-order valence-electron chi connectivity index (χ2n) is 8.70. The summed E-state index contributed by atoms with van der Waals surface area (Å²) in [5.41, 5.74) is 2.88. The zero-order valence-corrected chi connectivity index (χ0v) is 13.9. The number of carbonyl (C=O) groups is 1. The predicted octanol–water partition coefficient (Wildman–Crippen LogP) is 4.05. The molecule has 4 aliphatic rings. The van der Waals surface area contributed by atoms with Gasteiger partial charge in [-0.15, -0.1) is 0 Å². The first-order valence-electron chi connectivity index (χ1n) is 8.97. The number of ketones is 1. The van der Waals surface area contributed by atoms with Gasteiger partial charge in [-0.1, -0.05) is 26.0 Å². The van der Waals surface area contributed by atoms with E-state index in [9.17, 15) is 9.90 Å². The van der Waals surface area contributed by atoms with Crippen LogP contribution in [-0.4, -0.2) is 17.0 Å². The van der Waals surface area contributed by atoms with Crippen LogP contribution in [0.25, 0.3) is 0 Å². The molecular weight excluding hydrogens is 272 g/mol. The van der Waals surface area contributed by atoms with Crippen molar-refractivity contribution >= 4 is 5.78 Å². The third kappa shape index (κ3) is 1.73. The van der Waals surface area contributed by atoms with Crippen LogP contribution in [0.2, 0.25) is 0 Å². The monoisotopic (exact) mass is 300 g/mol. The van der Waals surface area contributed by atoms with E-state index in [1.54, 1.807) is 0 Å². The summed E-state index contributed by atoms with van der Waals surface area (Å²) in [4.78, 5) is 11.8. The molecule has 3 saturated carbocycles. The first-order chi connectivity index (χ1) is 10.4. The van der Waals surface area contributed by atoms with Gasteiger partial charge < -0.3 is 5.11 Å². The van der Waals surface area contributed by atoms with Crippen molar-refractivity contribution in [2.24, 2.45) is 28.6 Å². The van der Waals surface area contributed by atoms with Gasteiger partial charge in [0.05, 0.1) is 6.10 Å². The van der Waals surface area contributed by atoms with E-state index < -0.39 is 0 Å². The number of aliphatic hydroxyl groups excluding tert-OH is 1. The molecule has 0 aliphatic heterocycles. The van der Waals surface area contributed by atoms with E-state index in [1.807, 2.05) is 6.08 Å². The number of fused-ring (bicyclic) bond motifs is 5. The smallest absolute Gasteiger partial charge is 0.155 e. The molecule has 0 bridgehead atoms. The zero-order chi connectivity index (χ0) is 15.7. The van der Waals surface area contributed by atoms with Gasteiger partial charge in [0, 0.05) is 6.42 Å². The van der Waals surface area contributed by atoms with Crippen LogP contribution < -0.4 is 0 Å². The van der Waals surface area contributed by atoms with Crippen molar-refractivity contribution < 1.29 is 9.90 Å². The number of aliphatic hydroxyl groups is 1. The van der Waals surface area contributed by atoms with Crippen molar-refractivity contribution in [3.63, 3.8) is 0 Å². The van der Waals surface area contributed by atoms with E-state index in [4.69, 9.17) is 0 Å². The second-order valence-corrected chi connectivity index (χ2v) is 8.70. The molecule has 3 fully saturated rings. The summed E-state index contributed by atoms with van der Waals surface area (Å²) in [6.07, 6.45) is 8.99. The Morgan fingerprint density at radius 3 is 2.68 bits per heavy atom. The van der Waals surface area contributed by atoms with E-state index in [0.717, 1.165) is 37.7 Å². The number of allylic oxidation sites excluding steroid dienone is 1. The molecule has 1 N–H and O–H groups in total. The van der Waals surface area contributed by atoms with Gasteiger partial charge >= 0.3 is 0 Å². The van der Waals surface area contributed by atoms with Crippen LogP contribution in [0.1, 0.15) is 58.8 Å². The van der Waals surface area contributed by atoms with Gasteiger partial charge in [0.2, 0.25) is 0 Å². The molecule has 4 rings (SSSR count). The van der Waals surface area contributed by atoms with Gasteiger partial charge in [-0.25, -0.2) is 0 Å². The Morgan fingerprint density at radius 2 is 1.91 bits per heavy atom. The van der Waals surface area contributed by atoms with Gasteiger partial charge in [0.1, 0.15) is 0 Å². The SMILES string of the molecule is C=C1[C@H](O)C[C@H]2[C@@H]3CCC4=CC(=O)CC[C@]4(C)[C@H]3CC[C@]12C. The molecule has 6 atom stereocenters. The van der Waals surface area contributed by atoms with Crippen LogP contribution in [0.15, 0.2) is 23.8 Å². The van der Waals surface area contributed by atoms with Crippen molar-refractivity contribution in [1.82, 2.24) is 0 Å². The summed E-state index contributed by atoms with van der Waals surface area (Å²) in [6, 6.07) is 0. The summed E-state index contributed by atoms with van der Waals surface area (Å²) in [7, 11) is 0. The molecule has 0 heterocycles. The molecule has 0 amide bonds. The Hall–Kier alpha value is -0.890. The van der Waals surface area contributed by atoms with Crippen LogP contribution >= 0.6 is 0 Å². The van der Waals surface area contributed by atoms with E-state index >= 15 is 0 Å². The van der Waals surface area contributed by atoms with E-state index in [0.29, 0.717) is 23.5 Å². The lowest BCUT2D eigenvalue weighted by Crippen LogP contribution is -2.49. The van der Waals surface area contributed by atoms with E-state index in [-0.39, 0.29) is 16.9 Å². The van der Waals surface area contributed by atoms with Crippen molar-refractivity contribution in [2.75, 3.05) is 0 Å². The Kier molecular flexibility index (Phi) is 3.05. The average molecular weight is 300 g/mol. The Labute approximate surface area is 133 Å². The van der Waals surface area contributed by atoms with Crippen molar-refractivity contribution in [1.29, 1.82) is 0 Å². The number of hydrogen-bond acceptors (Lipinski definition) is 2. The van der Waals surface area contributed by atoms with E-state index in [1.165, 1.54) is 18.4 Å². The minimum atomic E-state index is -0.300. The van der Waals surface area contributed by atoms with Gasteiger partial charge in [0.25, 0.3) is 0 Å². The predicted molar refractivity (Wildman–Crippen MR) is 87.2 cm³/mol. The Balaban J connectivity index is 1.70. The average Bonchev–Trinajstić information content (AvgIpc) is 2.72. The third-order valence-electron chi connectivity index (χ3n) is 7.96. The number of rotatable bonds is 0. The number of carbonyl (C=O) groups excluding carboxylic acids is 1. The van der Waals surface area contributed by atoms with Crippen molar-refractivity contribution in [3.8, 4) is 0 Å². The Morgan fingerprint density at radius 1 is 1.14 bits per heavy atom. The highest BCUT2D eigenvalue weighted by molar-refractivity contribution is 5.91. The lowest BCUT2D eigenvalue weighted by molar-refractivity contribution is -0.117. The maximum Gasteiger partial charge on any atom is 0.155 e. The summed E-state index contributed by atoms with van der Waals surface area (Å²) < 4.78 is 0. The maximum absolute atomic E-state index is 11.8. The molecule has 0 unspecified atom stereocenters. The minimum absolute atomic E-state index is 0.142. The third-order valence-corrected chi connectivity index (χ3v) is 7.96. The van der Waals surface area contributed by atoms with Gasteiger partial charge in [0.15, 0.2) is 5.78 Å². The molecule has 0 aromatic rings. The van der Waals surface area contributed by atoms with Crippen molar-refractivity contribution in [2.45, 2.75) is 64.9 Å². The summed E-state index contributed by atoms with van der Waals surface area (Å²) in [6.45, 7) is 8.98. The Bertz CT molecular complexity index is 574. The summed E-state index contributed by atoms with van der Waals surface area (Å²) >= 11 is 0. The quantitative estimate of drug-likeness (QED) is 0.685. The molecule has 0 radical (unpaired) electrons. The highest BCUT2D eigenvalue weighted by Crippen LogP contribution is 2.66. The van der Waals surface area contributed by atoms with Gasteiger partial charge in [-0.2, -0.15) is 0 Å². The normalized spacial score (nSPS) is 51.0. The molecule has 4 aliphatic carbocycles. The van der Waals surface area contributed by atoms with Crippen LogP contribution in [0.4, 0.5) is 0 Å². The minimum Gasteiger partial charge on any atom is -0.389 e. The molecule has 22 heavy (non-hydrogen) atoms. The summed E-state index contributed by atoms with van der Waals surface area (Å²) in [5, 5.41) is 10.4. The fraction of sp³-hybridized carbons (Fsp3) is 0.750. The molecule has 2 nitrogen and oxygen atoms in total. The van der Waals surface area contributed by atoms with Crippen LogP contribution in [0.5, 0.6) is 0 Å². The molecule has 0 aromatic carbocycles. The zero-order valence-electron chi connectivity index (χ0n) is 13.9. The maximum atomic E-state index is 11.8. The second kappa shape index (κ2) is 4.56. The molecular formula is C20H28O2. The molecule has 120 valence electrons. The largest absolute Gasteiger partial charge is 0.389 e. The highest BCUT2D eigenvalue weighted by atomic mass is 16.3. The molecule has 0 aromatic heterocycles. The molecule has 0 saturated heterocycles. The first-order valence-corrected chi connectivity index (χ1v) is 8.97. The lowest BCUT2D eigenvalue weighted by Gasteiger charge is -2.57. The van der Waals surface area contributed by atoms with E-state index in [2.05, 4.69) is 20.4 Å². The topological polar surface area (TPSA) is 37.3 Å². The molecule has 2 heteroatoms. The standard InChI is InChI=1S/C20H28O2/c1-12-18(22)11-17-15-5-4-13-10-14(21)6-8-20(13,3)16(15)7-9-19(12,17)2/h10,15-18,22H,1,4-9,11H2,2-3H3/t15-,16+,17+,18-,19-,20+/m1/s1. The van der Waals surface area contributed by atoms with Crippen LogP contribution in [0.3, 0.4) is 0 Å². The lowest BCUT2D eigenvalue weighted by atomic mass is 9.47. The number of hydrogen-bond donors (Lipinski definition) is 1. The van der Waals surface area contributed by atoms with Crippen molar-refractivity contribution in [3.05, 3.63) is 23.8 Å². The van der Waals surface area contributed by atoms with Gasteiger partial charge in [-0.3, -0.25) is 4.79 Å². The van der Waals surface area contributed by atoms with Crippen LogP contribution in [0, 0.1) is 28.6 Å². The van der Waals surface area contributed by atoms with Gasteiger partial charge in [-0.05, 0) is 78.8 Å². The highest BCUT2D eigenvalue weighted by Gasteiger charge is 2.58. The summed E-state index contributed by atoms with van der Waals surface area (Å²) in [5.74, 6) is 2.31.